The number of nitrogens with zero attached hydrogens (tertiary/aromatic N) is 1. The molecule has 2 aromatic carbocycles. The highest BCUT2D eigenvalue weighted by Gasteiger charge is 2.33. The van der Waals surface area contributed by atoms with Crippen LogP contribution < -0.4 is 9.62 Å². The first-order chi connectivity index (χ1) is 13.8. The van der Waals surface area contributed by atoms with Gasteiger partial charge < -0.3 is 5.32 Å². The van der Waals surface area contributed by atoms with Crippen molar-refractivity contribution in [2.45, 2.75) is 32.5 Å². The fourth-order valence-electron chi connectivity index (χ4n) is 2.85. The maximum Gasteiger partial charge on any atom is 0.416 e. The molecule has 2 rings (SSSR count). The molecule has 10 heteroatoms. The second-order valence-corrected chi connectivity index (χ2v) is 9.19. The summed E-state index contributed by atoms with van der Waals surface area (Å²) in [6.07, 6.45) is -3.35. The first-order valence-corrected chi connectivity index (χ1v) is 11.3. The van der Waals surface area contributed by atoms with Crippen molar-refractivity contribution in [3.05, 3.63) is 64.2 Å². The predicted molar refractivity (Wildman–Crippen MR) is 111 cm³/mol. The van der Waals surface area contributed by atoms with Crippen LogP contribution in [0.5, 0.6) is 0 Å². The van der Waals surface area contributed by atoms with Crippen LogP contribution in [0.2, 0.25) is 5.02 Å². The number of sulfonamides is 1. The van der Waals surface area contributed by atoms with Crippen molar-refractivity contribution in [2.24, 2.45) is 0 Å². The summed E-state index contributed by atoms with van der Waals surface area (Å²) >= 11 is 5.97. The Morgan fingerprint density at radius 2 is 1.77 bits per heavy atom. The van der Waals surface area contributed by atoms with Crippen LogP contribution >= 0.6 is 11.6 Å². The number of alkyl halides is 3. The van der Waals surface area contributed by atoms with Crippen molar-refractivity contribution in [1.82, 2.24) is 5.32 Å². The third kappa shape index (κ3) is 6.12. The number of hydrogen-bond acceptors (Lipinski definition) is 3. The van der Waals surface area contributed by atoms with E-state index in [1.807, 2.05) is 38.1 Å². The number of carbonyl (C=O) groups excluding carboxylic acids is 1. The van der Waals surface area contributed by atoms with E-state index >= 15 is 0 Å². The summed E-state index contributed by atoms with van der Waals surface area (Å²) in [6, 6.07) is 9.41. The van der Waals surface area contributed by atoms with Gasteiger partial charge in [-0.15, -0.1) is 0 Å². The standard InChI is InChI=1S/C20H22ClF3N2O3S/c1-4-17(14-7-5-13(2)6-8-14)25-19(27)12-26(30(3,28)29)18-11-15(20(22,23)24)9-10-16(18)21/h5-11,17H,4,12H2,1-3H3,(H,25,27)/t17-/m1/s1. The molecule has 0 aliphatic carbocycles. The van der Waals surface area contributed by atoms with Gasteiger partial charge in [0.1, 0.15) is 6.54 Å². The van der Waals surface area contributed by atoms with Crippen molar-refractivity contribution in [3.8, 4) is 0 Å². The zero-order valence-corrected chi connectivity index (χ0v) is 18.2. The number of halogens is 4. The fourth-order valence-corrected chi connectivity index (χ4v) is 3.98. The predicted octanol–water partition coefficient (Wildman–Crippen LogP) is 4.70. The second-order valence-electron chi connectivity index (χ2n) is 6.87. The molecule has 0 unspecified atom stereocenters. The van der Waals surface area contributed by atoms with E-state index in [9.17, 15) is 26.4 Å². The van der Waals surface area contributed by atoms with E-state index < -0.39 is 39.9 Å². The maximum absolute atomic E-state index is 13.1. The molecule has 0 aromatic heterocycles. The minimum absolute atomic E-state index is 0.216. The Morgan fingerprint density at radius 1 is 1.17 bits per heavy atom. The van der Waals surface area contributed by atoms with E-state index in [0.29, 0.717) is 16.8 Å². The van der Waals surface area contributed by atoms with Crippen molar-refractivity contribution in [2.75, 3.05) is 17.1 Å². The maximum atomic E-state index is 13.1. The molecule has 0 saturated heterocycles. The Kier molecular flexibility index (Phi) is 7.41. The molecule has 0 bridgehead atoms. The van der Waals surface area contributed by atoms with Gasteiger partial charge in [0.2, 0.25) is 15.9 Å². The van der Waals surface area contributed by atoms with E-state index in [1.54, 1.807) is 0 Å². The van der Waals surface area contributed by atoms with Crippen LogP contribution in [-0.4, -0.2) is 27.1 Å². The highest BCUT2D eigenvalue weighted by Crippen LogP contribution is 2.36. The highest BCUT2D eigenvalue weighted by molar-refractivity contribution is 7.92. The molecule has 0 heterocycles. The lowest BCUT2D eigenvalue weighted by Gasteiger charge is -2.25. The third-order valence-corrected chi connectivity index (χ3v) is 5.90. The Morgan fingerprint density at radius 3 is 2.27 bits per heavy atom. The molecule has 0 aliphatic rings. The molecule has 0 spiro atoms. The molecule has 30 heavy (non-hydrogen) atoms. The number of rotatable bonds is 7. The third-order valence-electron chi connectivity index (χ3n) is 4.45. The van der Waals surface area contributed by atoms with Crippen LogP contribution in [0.15, 0.2) is 42.5 Å². The summed E-state index contributed by atoms with van der Waals surface area (Å²) in [5, 5.41) is 2.51. The van der Waals surface area contributed by atoms with E-state index in [0.717, 1.165) is 29.5 Å². The number of aryl methyl sites for hydroxylation is 1. The Bertz CT molecular complexity index is 1010. The minimum atomic E-state index is -4.69. The number of carbonyl (C=O) groups is 1. The van der Waals surface area contributed by atoms with Gasteiger partial charge >= 0.3 is 6.18 Å². The number of nitrogens with one attached hydrogen (secondary N) is 1. The summed E-state index contributed by atoms with van der Waals surface area (Å²) in [7, 11) is -4.09. The fraction of sp³-hybridized carbons (Fsp3) is 0.350. The quantitative estimate of drug-likeness (QED) is 0.648. The van der Waals surface area contributed by atoms with E-state index in [2.05, 4.69) is 5.32 Å². The molecule has 0 fully saturated rings. The van der Waals surface area contributed by atoms with Crippen LogP contribution in [0.25, 0.3) is 0 Å². The van der Waals surface area contributed by atoms with Crippen molar-refractivity contribution >= 4 is 33.2 Å². The van der Waals surface area contributed by atoms with Gasteiger partial charge in [0.15, 0.2) is 0 Å². The SMILES string of the molecule is CC[C@@H](NC(=O)CN(c1cc(C(F)(F)F)ccc1Cl)S(C)(=O)=O)c1ccc(C)cc1. The molecular weight excluding hydrogens is 441 g/mol. The van der Waals surface area contributed by atoms with Crippen LogP contribution in [0.1, 0.15) is 36.1 Å². The Labute approximate surface area is 178 Å². The lowest BCUT2D eigenvalue weighted by molar-refractivity contribution is -0.137. The van der Waals surface area contributed by atoms with Gasteiger partial charge in [-0.1, -0.05) is 48.4 Å². The lowest BCUT2D eigenvalue weighted by Crippen LogP contribution is -2.41. The Hall–Kier alpha value is -2.26. The summed E-state index contributed by atoms with van der Waals surface area (Å²) in [5.74, 6) is -0.665. The first-order valence-electron chi connectivity index (χ1n) is 9.03. The van der Waals surface area contributed by atoms with Crippen molar-refractivity contribution in [3.63, 3.8) is 0 Å². The average Bonchev–Trinajstić information content (AvgIpc) is 2.64. The summed E-state index contributed by atoms with van der Waals surface area (Å²) in [4.78, 5) is 12.6. The zero-order valence-electron chi connectivity index (χ0n) is 16.6. The van der Waals surface area contributed by atoms with Crippen molar-refractivity contribution < 1.29 is 26.4 Å². The normalized spacial score (nSPS) is 13.0. The van der Waals surface area contributed by atoms with Gasteiger partial charge in [0.25, 0.3) is 0 Å². The van der Waals surface area contributed by atoms with Gasteiger partial charge in [0, 0.05) is 0 Å². The van der Waals surface area contributed by atoms with Crippen LogP contribution in [0.4, 0.5) is 18.9 Å². The Balaban J connectivity index is 2.31. The van der Waals surface area contributed by atoms with E-state index in [-0.39, 0.29) is 11.1 Å². The van der Waals surface area contributed by atoms with Crippen LogP contribution in [-0.2, 0) is 21.0 Å². The monoisotopic (exact) mass is 462 g/mol. The molecule has 0 radical (unpaired) electrons. The van der Waals surface area contributed by atoms with Gasteiger partial charge in [0.05, 0.1) is 28.6 Å². The molecule has 1 N–H and O–H groups in total. The molecular formula is C20H22ClF3N2O3S. The van der Waals surface area contributed by atoms with Gasteiger partial charge in [-0.2, -0.15) is 13.2 Å². The summed E-state index contributed by atoms with van der Waals surface area (Å²) in [5.41, 5.74) is 0.399. The van der Waals surface area contributed by atoms with Crippen LogP contribution in [0, 0.1) is 6.92 Å². The topological polar surface area (TPSA) is 66.5 Å². The van der Waals surface area contributed by atoms with Crippen molar-refractivity contribution in [1.29, 1.82) is 0 Å². The number of hydrogen-bond donors (Lipinski definition) is 1. The molecule has 164 valence electrons. The molecule has 0 aliphatic heterocycles. The highest BCUT2D eigenvalue weighted by atomic mass is 35.5. The molecule has 0 saturated carbocycles. The number of benzene rings is 2. The van der Waals surface area contributed by atoms with Gasteiger partial charge in [-0.25, -0.2) is 8.42 Å². The minimum Gasteiger partial charge on any atom is -0.348 e. The summed E-state index contributed by atoms with van der Waals surface area (Å²) in [6.45, 7) is 3.07. The van der Waals surface area contributed by atoms with Gasteiger partial charge in [-0.05, 0) is 37.1 Å². The van der Waals surface area contributed by atoms with E-state index in [4.69, 9.17) is 11.6 Å². The molecule has 1 atom stereocenters. The molecule has 5 nitrogen and oxygen atoms in total. The van der Waals surface area contributed by atoms with Crippen LogP contribution in [0.3, 0.4) is 0 Å². The van der Waals surface area contributed by atoms with Gasteiger partial charge in [-0.3, -0.25) is 9.10 Å². The molecule has 1 amide bonds. The smallest absolute Gasteiger partial charge is 0.348 e. The largest absolute Gasteiger partial charge is 0.416 e. The second kappa shape index (κ2) is 9.26. The first kappa shape index (κ1) is 24.0. The number of amides is 1. The summed E-state index contributed by atoms with van der Waals surface area (Å²) < 4.78 is 64.3. The van der Waals surface area contributed by atoms with E-state index in [1.165, 1.54) is 0 Å². The number of anilines is 1. The molecule has 2 aromatic rings. The lowest BCUT2D eigenvalue weighted by atomic mass is 10.0. The average molecular weight is 463 g/mol. The zero-order chi connectivity index (χ0) is 22.7.